The summed E-state index contributed by atoms with van der Waals surface area (Å²) in [5.74, 6) is 12.5. The number of rotatable bonds is 17. The average Bonchev–Trinajstić information content (AvgIpc) is 3.60. The van der Waals surface area contributed by atoms with E-state index in [1.165, 1.54) is 155 Å². The van der Waals surface area contributed by atoms with Gasteiger partial charge in [0, 0.05) is 76.3 Å². The number of nitrogens with one attached hydrogen (secondary N) is 2. The van der Waals surface area contributed by atoms with Crippen LogP contribution in [0.4, 0.5) is 0 Å². The van der Waals surface area contributed by atoms with Crippen LogP contribution in [-0.2, 0) is 18.9 Å². The Morgan fingerprint density at radius 1 is 0.416 bits per heavy atom. The normalized spacial score (nSPS) is 29.6. The second kappa shape index (κ2) is 49.2. The molecule has 89 heavy (non-hydrogen) atoms. The van der Waals surface area contributed by atoms with Crippen molar-refractivity contribution in [3.63, 3.8) is 0 Å². The smallest absolute Gasteiger partial charge is 0.0728 e. The Kier molecular flexibility index (Phi) is 47.9. The molecule has 2 N–H and O–H groups in total. The van der Waals surface area contributed by atoms with E-state index < -0.39 is 0 Å². The molecule has 0 spiro atoms. The van der Waals surface area contributed by atoms with Crippen LogP contribution < -0.4 is 10.6 Å². The third-order valence-corrected chi connectivity index (χ3v) is 20.4. The van der Waals surface area contributed by atoms with Gasteiger partial charge >= 0.3 is 0 Å². The Morgan fingerprint density at radius 3 is 1.40 bits per heavy atom. The quantitative estimate of drug-likeness (QED) is 0.148. The zero-order chi connectivity index (χ0) is 67.2. The fourth-order valence-electron chi connectivity index (χ4n) is 15.4. The molecule has 0 amide bonds. The Hall–Kier alpha value is -0.360. The largest absolute Gasteiger partial charge is 0.381 e. The molecule has 0 radical (unpaired) electrons. The first-order valence-corrected chi connectivity index (χ1v) is 38.8. The summed E-state index contributed by atoms with van der Waals surface area (Å²) >= 11 is 0. The average molecular weight is 1260 g/mol. The Balaban J connectivity index is 0.000000510. The molecule has 0 aromatic carbocycles. The predicted octanol–water partition coefficient (Wildman–Crippen LogP) is 19.9. The van der Waals surface area contributed by atoms with Gasteiger partial charge in [0.2, 0.25) is 0 Å². The molecule has 9 nitrogen and oxygen atoms in total. The van der Waals surface area contributed by atoms with E-state index in [1.54, 1.807) is 0 Å². The minimum Gasteiger partial charge on any atom is -0.381 e. The molecule has 0 bridgehead atoms. The lowest BCUT2D eigenvalue weighted by Gasteiger charge is -2.39. The minimum atomic E-state index is 0.418. The third-order valence-electron chi connectivity index (χ3n) is 20.4. The van der Waals surface area contributed by atoms with Crippen molar-refractivity contribution in [2.45, 2.75) is 337 Å². The van der Waals surface area contributed by atoms with Gasteiger partial charge in [-0.15, -0.1) is 0 Å². The van der Waals surface area contributed by atoms with E-state index in [0.29, 0.717) is 35.7 Å². The predicted molar refractivity (Wildman–Crippen MR) is 393 cm³/mol. The number of likely N-dealkylation sites (tertiary alicyclic amines) is 2. The molecule has 7 saturated heterocycles. The van der Waals surface area contributed by atoms with Crippen molar-refractivity contribution in [1.29, 1.82) is 0 Å². The van der Waals surface area contributed by atoms with Crippen LogP contribution in [-0.4, -0.2) is 150 Å². The van der Waals surface area contributed by atoms with E-state index >= 15 is 0 Å². The highest BCUT2D eigenvalue weighted by atomic mass is 16.5. The molecule has 7 aliphatic heterocycles. The summed E-state index contributed by atoms with van der Waals surface area (Å²) < 4.78 is 22.1. The lowest BCUT2D eigenvalue weighted by Crippen LogP contribution is -2.51. The standard InChI is InChI=1S/C11H23NO.2C11H23N.C10H21NO.C10H21N.2C9H18O.C9H18/c1-9(2)7-11-8-12(10(3)4)5-6-13-11;1-10(2)9-11(3)5-7-12(4)8-6-11;1-8(2)7-11-6-5-9(3)12-10(11)4;1-7(2)5-10-9(4)11-8(3)6-12-10;1-9(2)7-10-5-4-6-11(3)8-10;1-8(2)7-9-3-5-10-6-4-9;1-8(2)6-9-4-3-5-10-7-9;1-7(2)6-9-5-4-8(9)3/h9-11H,5-8H2,1-4H3;10H,5-9H2,1-4H3;8-12H,5-7H2,1-4H3;7-11H,5-6H2,1-4H3;9-10H,4-8H2,1-3H3;2*8-9H,3-7H2,1-2H3;7-9H,4-6H2,1-3H3/t11-;;;;;;;/m1......./s1. The second-order valence-corrected chi connectivity index (χ2v) is 34.8. The SMILES string of the molecule is CC(C)CC1(C)CCN(C)CC1.CC(C)CC1CCC(C)NC1C.CC(C)CC1CCC1C.CC(C)CC1CCCN(C)C1.CC(C)CC1CCCOC1.CC(C)CC1CCOCC1.CC(C)CC1OCC(C)NC1C.CC(C)C[C@@H]1CN(C(C)C)CCO1. The molecule has 8 rings (SSSR count). The first-order chi connectivity index (χ1) is 41.7. The minimum absolute atomic E-state index is 0.418. The summed E-state index contributed by atoms with van der Waals surface area (Å²) in [5, 5.41) is 7.14. The van der Waals surface area contributed by atoms with Crippen molar-refractivity contribution in [1.82, 2.24) is 25.3 Å². The topological polar surface area (TPSA) is 70.7 Å². The highest BCUT2D eigenvalue weighted by Gasteiger charge is 2.31. The molecule has 0 aromatic rings. The summed E-state index contributed by atoms with van der Waals surface area (Å²) in [7, 11) is 4.47. The van der Waals surface area contributed by atoms with Gasteiger partial charge in [-0.3, -0.25) is 4.90 Å². The molecule has 0 aromatic heterocycles. The van der Waals surface area contributed by atoms with E-state index in [4.69, 9.17) is 18.9 Å². The maximum atomic E-state index is 5.75. The van der Waals surface area contributed by atoms with Crippen LogP contribution in [0.5, 0.6) is 0 Å². The Bertz CT molecular complexity index is 1540. The van der Waals surface area contributed by atoms with E-state index in [9.17, 15) is 0 Å². The van der Waals surface area contributed by atoms with Crippen LogP contribution in [0.1, 0.15) is 295 Å². The van der Waals surface area contributed by atoms with E-state index in [0.717, 1.165) is 148 Å². The van der Waals surface area contributed by atoms with Crippen LogP contribution in [0.15, 0.2) is 0 Å². The van der Waals surface area contributed by atoms with Gasteiger partial charge in [-0.2, -0.15) is 0 Å². The molecule has 11 atom stereocenters. The van der Waals surface area contributed by atoms with Gasteiger partial charge in [0.15, 0.2) is 0 Å². The number of ether oxygens (including phenoxy) is 4. The third kappa shape index (κ3) is 44.9. The summed E-state index contributed by atoms with van der Waals surface area (Å²) in [6, 6.07) is 3.16. The monoisotopic (exact) mass is 1260 g/mol. The van der Waals surface area contributed by atoms with Gasteiger partial charge in [0.1, 0.15) is 0 Å². The molecule has 534 valence electrons. The van der Waals surface area contributed by atoms with Crippen molar-refractivity contribution in [2.24, 2.45) is 88.3 Å². The highest BCUT2D eigenvalue weighted by molar-refractivity contribution is 4.85. The molecule has 8 fully saturated rings. The number of hydrogen-bond donors (Lipinski definition) is 2. The molecule has 7 heterocycles. The number of piperidine rings is 3. The number of hydrogen-bond acceptors (Lipinski definition) is 9. The van der Waals surface area contributed by atoms with Crippen molar-refractivity contribution < 1.29 is 18.9 Å². The second-order valence-electron chi connectivity index (χ2n) is 34.8. The summed E-state index contributed by atoms with van der Waals surface area (Å²) in [4.78, 5) is 7.43. The molecule has 8 aliphatic rings. The maximum Gasteiger partial charge on any atom is 0.0728 e. The van der Waals surface area contributed by atoms with Crippen molar-refractivity contribution in [3.05, 3.63) is 0 Å². The van der Waals surface area contributed by atoms with Gasteiger partial charge in [-0.25, -0.2) is 0 Å². The molecular weight excluding hydrogens is 1090 g/mol. The van der Waals surface area contributed by atoms with E-state index in [1.807, 2.05) is 0 Å². The number of nitrogens with zero attached hydrogens (tertiary/aromatic N) is 3. The lowest BCUT2D eigenvalue weighted by atomic mass is 9.71. The summed E-state index contributed by atoms with van der Waals surface area (Å²) in [6.45, 7) is 68.4. The van der Waals surface area contributed by atoms with Gasteiger partial charge < -0.3 is 39.4 Å². The zero-order valence-electron chi connectivity index (χ0n) is 65.2. The summed E-state index contributed by atoms with van der Waals surface area (Å²) in [5.41, 5.74) is 0.640. The number of morpholine rings is 2. The molecular formula is C80H165N5O4. The van der Waals surface area contributed by atoms with E-state index in [2.05, 4.69) is 206 Å². The van der Waals surface area contributed by atoms with Crippen LogP contribution in [0.2, 0.25) is 0 Å². The van der Waals surface area contributed by atoms with E-state index in [-0.39, 0.29) is 0 Å². The van der Waals surface area contributed by atoms with Crippen LogP contribution in [0, 0.1) is 88.3 Å². The first-order valence-electron chi connectivity index (χ1n) is 38.8. The summed E-state index contributed by atoms with van der Waals surface area (Å²) in [6.07, 6.45) is 28.3. The van der Waals surface area contributed by atoms with Gasteiger partial charge in [-0.1, -0.05) is 131 Å². The molecule has 1 aliphatic carbocycles. The van der Waals surface area contributed by atoms with Crippen molar-refractivity contribution >= 4 is 0 Å². The molecule has 1 saturated carbocycles. The molecule has 10 unspecified atom stereocenters. The van der Waals surface area contributed by atoms with Crippen LogP contribution in [0.25, 0.3) is 0 Å². The van der Waals surface area contributed by atoms with Crippen molar-refractivity contribution in [3.8, 4) is 0 Å². The zero-order valence-corrected chi connectivity index (χ0v) is 65.2. The molecule has 9 heteroatoms. The Morgan fingerprint density at radius 2 is 0.944 bits per heavy atom. The fourth-order valence-corrected chi connectivity index (χ4v) is 15.4. The lowest BCUT2D eigenvalue weighted by molar-refractivity contribution is -0.0467. The van der Waals surface area contributed by atoms with Gasteiger partial charge in [-0.05, 0) is 286 Å². The van der Waals surface area contributed by atoms with Crippen molar-refractivity contribution in [2.75, 3.05) is 93.0 Å². The maximum absolute atomic E-state index is 5.75. The first kappa shape index (κ1) is 86.7. The Labute approximate surface area is 559 Å². The van der Waals surface area contributed by atoms with Crippen LogP contribution >= 0.6 is 0 Å². The van der Waals surface area contributed by atoms with Crippen LogP contribution in [0.3, 0.4) is 0 Å². The van der Waals surface area contributed by atoms with Gasteiger partial charge in [0.05, 0.1) is 25.4 Å². The fraction of sp³-hybridized carbons (Fsp3) is 1.00. The highest BCUT2D eigenvalue weighted by Crippen LogP contribution is 2.38. The van der Waals surface area contributed by atoms with Gasteiger partial charge in [0.25, 0.3) is 0 Å².